The Morgan fingerprint density at radius 2 is 1.76 bits per heavy atom. The van der Waals surface area contributed by atoms with Crippen molar-refractivity contribution in [3.8, 4) is 0 Å². The summed E-state index contributed by atoms with van der Waals surface area (Å²) in [7, 11) is -4.77. The number of aliphatic carboxylic acids is 1. The number of nitrogens with one attached hydrogen (secondary N) is 1. The predicted molar refractivity (Wildman–Crippen MR) is 90.1 cm³/mol. The fraction of sp³-hybridized carbons (Fsp3) is 0.467. The molecule has 0 spiro atoms. The molecule has 1 rings (SSSR count). The molecular weight excluding hydrogens is 424 g/mol. The van der Waals surface area contributed by atoms with E-state index in [2.05, 4.69) is 21.2 Å². The zero-order chi connectivity index (χ0) is 18.5. The molecule has 1 aromatic carbocycles. The number of hydrogen-bond acceptors (Lipinski definition) is 4. The summed E-state index contributed by atoms with van der Waals surface area (Å²) >= 11 is 3.25. The van der Waals surface area contributed by atoms with E-state index in [0.29, 0.717) is 5.56 Å². The number of carboxylic acid groups (broad SMARTS) is 1. The van der Waals surface area contributed by atoms with Gasteiger partial charge in [-0.15, -0.1) is 0 Å². The van der Waals surface area contributed by atoms with Crippen LogP contribution in [0.15, 0.2) is 28.7 Å². The molecule has 1 aromatic rings. The van der Waals surface area contributed by atoms with Crippen LogP contribution >= 0.6 is 23.5 Å². The van der Waals surface area contributed by atoms with Crippen molar-refractivity contribution in [1.82, 2.24) is 5.32 Å². The average molecular weight is 444 g/mol. The van der Waals surface area contributed by atoms with Crippen LogP contribution in [0.5, 0.6) is 0 Å². The van der Waals surface area contributed by atoms with E-state index >= 15 is 0 Å². The molecule has 3 N–H and O–H groups in total. The first-order valence-electron chi connectivity index (χ1n) is 7.31. The smallest absolute Gasteiger partial charge is 0.548 e. The first-order chi connectivity index (χ1) is 11.0. The molecule has 2 atom stereocenters. The van der Waals surface area contributed by atoms with Crippen molar-refractivity contribution in [2.75, 3.05) is 0 Å². The zero-order valence-corrected chi connectivity index (χ0v) is 18.8. The van der Waals surface area contributed by atoms with Gasteiger partial charge in [-0.05, 0) is 36.5 Å². The molecular formula is C15H20BrNNaO6P. The van der Waals surface area contributed by atoms with E-state index in [-0.39, 0.29) is 48.3 Å². The van der Waals surface area contributed by atoms with Crippen LogP contribution in [0.3, 0.4) is 0 Å². The SMILES string of the molecule is CC(C)C[C@H](NC(=O)C(Cc1ccc(Br)cc1)P(=O)(O)O)C(=O)[O-].[Na+]. The summed E-state index contributed by atoms with van der Waals surface area (Å²) in [6.07, 6.45) is -0.0922. The Kier molecular flexibility index (Phi) is 10.7. The van der Waals surface area contributed by atoms with Crippen LogP contribution in [0.1, 0.15) is 25.8 Å². The Balaban J connectivity index is 0.00000576. The number of halogens is 1. The van der Waals surface area contributed by atoms with Gasteiger partial charge in [-0.1, -0.05) is 41.9 Å². The summed E-state index contributed by atoms with van der Waals surface area (Å²) in [4.78, 5) is 42.3. The Morgan fingerprint density at radius 3 is 2.16 bits per heavy atom. The quantitative estimate of drug-likeness (QED) is 0.309. The summed E-state index contributed by atoms with van der Waals surface area (Å²) in [5.41, 5.74) is -1.11. The van der Waals surface area contributed by atoms with Gasteiger partial charge >= 0.3 is 37.2 Å². The molecule has 0 aromatic heterocycles. The van der Waals surface area contributed by atoms with Gasteiger partial charge in [-0.25, -0.2) is 0 Å². The van der Waals surface area contributed by atoms with Gasteiger partial charge in [0.2, 0.25) is 5.91 Å². The maximum atomic E-state index is 12.3. The summed E-state index contributed by atoms with van der Waals surface area (Å²) in [5, 5.41) is 13.3. The van der Waals surface area contributed by atoms with Gasteiger partial charge in [0, 0.05) is 4.47 Å². The van der Waals surface area contributed by atoms with E-state index in [1.165, 1.54) is 0 Å². The van der Waals surface area contributed by atoms with Crippen molar-refractivity contribution >= 4 is 35.4 Å². The van der Waals surface area contributed by atoms with Gasteiger partial charge in [0.25, 0.3) is 0 Å². The molecule has 1 amide bonds. The minimum Gasteiger partial charge on any atom is -0.548 e. The number of carbonyl (C=O) groups is 2. The number of carbonyl (C=O) groups excluding carboxylic acids is 2. The molecule has 0 saturated heterocycles. The molecule has 0 bridgehead atoms. The molecule has 0 heterocycles. The van der Waals surface area contributed by atoms with Crippen molar-refractivity contribution in [2.24, 2.45) is 5.92 Å². The average Bonchev–Trinajstić information content (AvgIpc) is 2.43. The minimum atomic E-state index is -4.77. The summed E-state index contributed by atoms with van der Waals surface area (Å²) < 4.78 is 12.5. The van der Waals surface area contributed by atoms with Crippen molar-refractivity contribution in [2.45, 2.75) is 38.4 Å². The van der Waals surface area contributed by atoms with Crippen molar-refractivity contribution in [3.63, 3.8) is 0 Å². The minimum absolute atomic E-state index is 0. The van der Waals surface area contributed by atoms with Gasteiger partial charge in [-0.2, -0.15) is 0 Å². The topological polar surface area (TPSA) is 127 Å². The third-order valence-corrected chi connectivity index (χ3v) is 5.12. The Hall–Kier alpha value is -0.210. The van der Waals surface area contributed by atoms with E-state index in [1.54, 1.807) is 38.1 Å². The maximum absolute atomic E-state index is 12.3. The van der Waals surface area contributed by atoms with Crippen molar-refractivity contribution in [1.29, 1.82) is 0 Å². The fourth-order valence-electron chi connectivity index (χ4n) is 2.16. The third-order valence-electron chi connectivity index (χ3n) is 3.36. The number of rotatable bonds is 8. The molecule has 0 radical (unpaired) electrons. The number of benzene rings is 1. The van der Waals surface area contributed by atoms with Crippen LogP contribution in [0.2, 0.25) is 0 Å². The van der Waals surface area contributed by atoms with Crippen LogP contribution in [0.4, 0.5) is 0 Å². The Labute approximate surface area is 177 Å². The fourth-order valence-corrected chi connectivity index (χ4v) is 3.25. The van der Waals surface area contributed by atoms with Gasteiger partial charge in [0.05, 0.1) is 12.0 Å². The van der Waals surface area contributed by atoms with Crippen molar-refractivity contribution < 1.29 is 58.6 Å². The summed E-state index contributed by atoms with van der Waals surface area (Å²) in [5.74, 6) is -2.51. The standard InChI is InChI=1S/C15H21BrNO6P.Na/c1-9(2)7-12(15(19)20)17-14(18)13(24(21,22)23)8-10-3-5-11(16)6-4-10;/h3-6,9,12-13H,7-8H2,1-2H3,(H,17,18)(H,19,20)(H2,21,22,23);/q;+1/p-1/t12-,13?;/m0./s1. The van der Waals surface area contributed by atoms with Crippen LogP contribution < -0.4 is 40.0 Å². The number of carboxylic acids is 1. The van der Waals surface area contributed by atoms with E-state index in [1.807, 2.05) is 0 Å². The van der Waals surface area contributed by atoms with Crippen LogP contribution in [0, 0.1) is 5.92 Å². The Morgan fingerprint density at radius 1 is 1.24 bits per heavy atom. The van der Waals surface area contributed by atoms with Gasteiger partial charge < -0.3 is 25.0 Å². The molecule has 0 aliphatic rings. The second-order valence-corrected chi connectivity index (χ2v) is 8.66. The second kappa shape index (κ2) is 10.8. The molecule has 10 heteroatoms. The molecule has 0 aliphatic carbocycles. The normalized spacial score (nSPS) is 13.7. The van der Waals surface area contributed by atoms with Crippen LogP contribution in [-0.4, -0.2) is 33.4 Å². The molecule has 0 fully saturated rings. The number of hydrogen-bond donors (Lipinski definition) is 3. The van der Waals surface area contributed by atoms with E-state index in [9.17, 15) is 29.0 Å². The summed E-state index contributed by atoms with van der Waals surface area (Å²) in [6.45, 7) is 3.54. The molecule has 1 unspecified atom stereocenters. The number of amides is 1. The summed E-state index contributed by atoms with van der Waals surface area (Å²) in [6, 6.07) is 5.34. The largest absolute Gasteiger partial charge is 1.00 e. The Bertz CT molecular complexity index is 633. The predicted octanol–water partition coefficient (Wildman–Crippen LogP) is -2.18. The first kappa shape index (κ1) is 24.8. The van der Waals surface area contributed by atoms with E-state index < -0.39 is 31.2 Å². The van der Waals surface area contributed by atoms with E-state index in [4.69, 9.17) is 0 Å². The second-order valence-electron chi connectivity index (χ2n) is 5.95. The van der Waals surface area contributed by atoms with Crippen LogP contribution in [-0.2, 0) is 20.6 Å². The first-order valence-corrected chi connectivity index (χ1v) is 9.79. The molecule has 0 saturated carbocycles. The molecule has 134 valence electrons. The molecule has 0 aliphatic heterocycles. The van der Waals surface area contributed by atoms with E-state index in [0.717, 1.165) is 4.47 Å². The molecule has 25 heavy (non-hydrogen) atoms. The van der Waals surface area contributed by atoms with Gasteiger partial charge in [0.15, 0.2) is 0 Å². The zero-order valence-electron chi connectivity index (χ0n) is 14.3. The van der Waals surface area contributed by atoms with Gasteiger partial charge in [0.1, 0.15) is 5.66 Å². The van der Waals surface area contributed by atoms with Crippen LogP contribution in [0.25, 0.3) is 0 Å². The molecule has 7 nitrogen and oxygen atoms in total. The third kappa shape index (κ3) is 8.82. The maximum Gasteiger partial charge on any atom is 1.00 e. The van der Waals surface area contributed by atoms with Gasteiger partial charge in [-0.3, -0.25) is 9.36 Å². The van der Waals surface area contributed by atoms with Crippen molar-refractivity contribution in [3.05, 3.63) is 34.3 Å². The monoisotopic (exact) mass is 443 g/mol.